The molecule has 0 amide bonds. The zero-order valence-corrected chi connectivity index (χ0v) is 14.6. The van der Waals surface area contributed by atoms with Crippen LogP contribution in [-0.2, 0) is 5.41 Å². The first kappa shape index (κ1) is 18.4. The maximum absolute atomic E-state index is 8.56. The quantitative estimate of drug-likeness (QED) is 0.879. The zero-order chi connectivity index (χ0) is 17.7. The molecule has 6 nitrogen and oxygen atoms in total. The van der Waals surface area contributed by atoms with Crippen LogP contribution in [0.2, 0.25) is 0 Å². The number of carbonyl (C=O) groups is 1. The summed E-state index contributed by atoms with van der Waals surface area (Å²) < 4.78 is 10.9. The van der Waals surface area contributed by atoms with Gasteiger partial charge >= 0.3 is 6.16 Å². The van der Waals surface area contributed by atoms with Crippen molar-refractivity contribution in [2.24, 2.45) is 0 Å². The van der Waals surface area contributed by atoms with E-state index in [-0.39, 0.29) is 0 Å². The van der Waals surface area contributed by atoms with Crippen molar-refractivity contribution in [2.75, 3.05) is 27.8 Å². The molecule has 6 heteroatoms. The Balaban J connectivity index is 0.000000471. The number of nitrogens with zero attached hydrogens (tertiary/aromatic N) is 1. The molecule has 3 rings (SSSR count). The molecule has 0 aromatic heterocycles. The summed E-state index contributed by atoms with van der Waals surface area (Å²) in [4.78, 5) is 11.1. The predicted molar refractivity (Wildman–Crippen MR) is 91.4 cm³/mol. The van der Waals surface area contributed by atoms with E-state index in [1.165, 1.54) is 44.2 Å². The van der Waals surface area contributed by atoms with Gasteiger partial charge in [-0.2, -0.15) is 0 Å². The van der Waals surface area contributed by atoms with E-state index in [0.717, 1.165) is 11.5 Å². The summed E-state index contributed by atoms with van der Waals surface area (Å²) in [5.41, 5.74) is 1.76. The van der Waals surface area contributed by atoms with Gasteiger partial charge in [0.1, 0.15) is 0 Å². The summed E-state index contributed by atoms with van der Waals surface area (Å²) in [6.45, 7) is 1.21. The van der Waals surface area contributed by atoms with Crippen LogP contribution in [0, 0.1) is 0 Å². The second kappa shape index (κ2) is 7.75. The summed E-state index contributed by atoms with van der Waals surface area (Å²) in [5.74, 6) is 1.68. The maximum Gasteiger partial charge on any atom is 0.503 e. The lowest BCUT2D eigenvalue weighted by Crippen LogP contribution is -2.43. The fourth-order valence-corrected chi connectivity index (χ4v) is 4.31. The molecule has 134 valence electrons. The van der Waals surface area contributed by atoms with Crippen LogP contribution >= 0.6 is 0 Å². The van der Waals surface area contributed by atoms with Crippen LogP contribution in [0.25, 0.3) is 0 Å². The molecular formula is C18H27NO5. The van der Waals surface area contributed by atoms with Crippen molar-refractivity contribution >= 4 is 6.16 Å². The molecule has 2 N–H and O–H groups in total. The monoisotopic (exact) mass is 337 g/mol. The molecule has 1 saturated carbocycles. The Hall–Kier alpha value is -1.95. The molecule has 1 aromatic carbocycles. The Morgan fingerprint density at radius 3 is 2.46 bits per heavy atom. The van der Waals surface area contributed by atoms with E-state index < -0.39 is 6.16 Å². The minimum Gasteiger partial charge on any atom is -0.493 e. The molecule has 1 heterocycles. The number of rotatable bonds is 3. The highest BCUT2D eigenvalue weighted by Crippen LogP contribution is 2.49. The van der Waals surface area contributed by atoms with Gasteiger partial charge in [0.05, 0.1) is 14.2 Å². The third-order valence-electron chi connectivity index (χ3n) is 5.39. The van der Waals surface area contributed by atoms with E-state index in [2.05, 4.69) is 30.1 Å². The molecule has 0 bridgehead atoms. The van der Waals surface area contributed by atoms with Crippen molar-refractivity contribution in [3.8, 4) is 11.5 Å². The van der Waals surface area contributed by atoms with Gasteiger partial charge in [-0.25, -0.2) is 4.79 Å². The first-order chi connectivity index (χ1) is 11.4. The van der Waals surface area contributed by atoms with Gasteiger partial charge in [0.2, 0.25) is 0 Å². The summed E-state index contributed by atoms with van der Waals surface area (Å²) >= 11 is 0. The largest absolute Gasteiger partial charge is 0.503 e. The van der Waals surface area contributed by atoms with Gasteiger partial charge in [0.25, 0.3) is 0 Å². The van der Waals surface area contributed by atoms with E-state index >= 15 is 0 Å². The molecule has 2 fully saturated rings. The van der Waals surface area contributed by atoms with E-state index in [1.807, 2.05) is 0 Å². The molecule has 24 heavy (non-hydrogen) atoms. The van der Waals surface area contributed by atoms with E-state index in [0.29, 0.717) is 11.5 Å². The van der Waals surface area contributed by atoms with E-state index in [4.69, 9.17) is 24.5 Å². The summed E-state index contributed by atoms with van der Waals surface area (Å²) in [7, 11) is 5.69. The van der Waals surface area contributed by atoms with Crippen molar-refractivity contribution in [2.45, 2.75) is 43.6 Å². The smallest absolute Gasteiger partial charge is 0.493 e. The fraction of sp³-hybridized carbons (Fsp3) is 0.611. The van der Waals surface area contributed by atoms with Crippen LogP contribution in [-0.4, -0.2) is 55.1 Å². The third-order valence-corrected chi connectivity index (χ3v) is 5.39. The van der Waals surface area contributed by atoms with Crippen molar-refractivity contribution in [1.82, 2.24) is 4.90 Å². The Morgan fingerprint density at radius 1 is 1.17 bits per heavy atom. The molecule has 2 atom stereocenters. The molecule has 0 unspecified atom stereocenters. The van der Waals surface area contributed by atoms with Gasteiger partial charge in [-0.3, -0.25) is 0 Å². The lowest BCUT2D eigenvalue weighted by atomic mass is 9.66. The van der Waals surface area contributed by atoms with Gasteiger partial charge in [-0.05, 0) is 50.6 Å². The lowest BCUT2D eigenvalue weighted by molar-refractivity contribution is 0.137. The highest BCUT2D eigenvalue weighted by atomic mass is 16.6. The van der Waals surface area contributed by atoms with Crippen molar-refractivity contribution in [1.29, 1.82) is 0 Å². The summed E-state index contributed by atoms with van der Waals surface area (Å²) in [5, 5.41) is 13.9. The molecule has 2 aliphatic rings. The number of carboxylic acid groups (broad SMARTS) is 2. The second-order valence-electron chi connectivity index (χ2n) is 6.50. The summed E-state index contributed by atoms with van der Waals surface area (Å²) in [6.07, 6.45) is 4.77. The van der Waals surface area contributed by atoms with Crippen molar-refractivity contribution < 1.29 is 24.5 Å². The second-order valence-corrected chi connectivity index (χ2v) is 6.50. The van der Waals surface area contributed by atoms with Crippen molar-refractivity contribution in [3.63, 3.8) is 0 Å². The van der Waals surface area contributed by atoms with Crippen LogP contribution in [0.15, 0.2) is 18.2 Å². The Labute approximate surface area is 143 Å². The maximum atomic E-state index is 8.56. The van der Waals surface area contributed by atoms with Gasteiger partial charge in [-0.1, -0.05) is 18.9 Å². The fourth-order valence-electron chi connectivity index (χ4n) is 4.31. The van der Waals surface area contributed by atoms with Crippen molar-refractivity contribution in [3.05, 3.63) is 23.8 Å². The topological polar surface area (TPSA) is 79.2 Å². The van der Waals surface area contributed by atoms with E-state index in [1.54, 1.807) is 14.2 Å². The standard InChI is InChI=1S/C17H25NO2.CH2O3/c1-18-11-10-17(9-5-4-6-16(17)18)13-7-8-14(19-2)15(12-13)20-3;2-1(3)4/h7-8,12,16H,4-6,9-11H2,1-3H3;(H2,2,3,4)/t16-,17-;/m0./s1. The van der Waals surface area contributed by atoms with Crippen LogP contribution in [0.1, 0.15) is 37.7 Å². The number of likely N-dealkylation sites (N-methyl/N-ethyl adjacent to an activating group) is 1. The molecular weight excluding hydrogens is 310 g/mol. The van der Waals surface area contributed by atoms with Gasteiger partial charge in [-0.15, -0.1) is 0 Å². The van der Waals surface area contributed by atoms with Crippen LogP contribution < -0.4 is 9.47 Å². The number of benzene rings is 1. The first-order valence-corrected chi connectivity index (χ1v) is 8.29. The average Bonchev–Trinajstić information content (AvgIpc) is 2.92. The molecule has 0 spiro atoms. The third kappa shape index (κ3) is 3.59. The van der Waals surface area contributed by atoms with Crippen LogP contribution in [0.5, 0.6) is 11.5 Å². The highest BCUT2D eigenvalue weighted by molar-refractivity contribution is 5.53. The Kier molecular flexibility index (Phi) is 5.94. The minimum absolute atomic E-state index is 0.326. The van der Waals surface area contributed by atoms with E-state index in [9.17, 15) is 0 Å². The first-order valence-electron chi connectivity index (χ1n) is 8.29. The van der Waals surface area contributed by atoms with Gasteiger partial charge in [0.15, 0.2) is 11.5 Å². The molecule has 1 aliphatic heterocycles. The molecule has 1 saturated heterocycles. The van der Waals surface area contributed by atoms with Gasteiger partial charge < -0.3 is 24.6 Å². The lowest BCUT2D eigenvalue weighted by Gasteiger charge is -2.42. The highest BCUT2D eigenvalue weighted by Gasteiger charge is 2.48. The number of hydrogen-bond acceptors (Lipinski definition) is 4. The molecule has 1 aromatic rings. The molecule has 0 radical (unpaired) electrons. The average molecular weight is 337 g/mol. The summed E-state index contributed by atoms with van der Waals surface area (Å²) in [6, 6.07) is 7.21. The van der Waals surface area contributed by atoms with Gasteiger partial charge in [0, 0.05) is 11.5 Å². The normalized spacial score (nSPS) is 26.0. The number of fused-ring (bicyclic) bond motifs is 1. The SMILES string of the molecule is COc1ccc([C@@]23CCCC[C@@H]2N(C)CC3)cc1OC.O=C(O)O. The molecule has 1 aliphatic carbocycles. The number of ether oxygens (including phenoxy) is 2. The zero-order valence-electron chi connectivity index (χ0n) is 14.6. The van der Waals surface area contributed by atoms with Crippen LogP contribution in [0.4, 0.5) is 4.79 Å². The van der Waals surface area contributed by atoms with Crippen LogP contribution in [0.3, 0.4) is 0 Å². The Morgan fingerprint density at radius 2 is 1.83 bits per heavy atom. The number of likely N-dealkylation sites (tertiary alicyclic amines) is 1. The number of methoxy groups -OCH3 is 2. The Bertz CT molecular complexity index is 569. The predicted octanol–water partition coefficient (Wildman–Crippen LogP) is 3.44. The minimum atomic E-state index is -1.83. The number of hydrogen-bond donors (Lipinski definition) is 2.